The Morgan fingerprint density at radius 2 is 2.08 bits per heavy atom. The maximum absolute atomic E-state index is 9.69. The van der Waals surface area contributed by atoms with Gasteiger partial charge in [-0.25, -0.2) is 0 Å². The van der Waals surface area contributed by atoms with E-state index in [-0.39, 0.29) is 5.92 Å². The third-order valence-corrected chi connectivity index (χ3v) is 3.03. The predicted molar refractivity (Wildman–Crippen MR) is 48.7 cm³/mol. The van der Waals surface area contributed by atoms with E-state index < -0.39 is 11.7 Å². The third-order valence-electron chi connectivity index (χ3n) is 3.03. The Morgan fingerprint density at radius 1 is 1.46 bits per heavy atom. The van der Waals surface area contributed by atoms with Crippen LogP contribution in [0.5, 0.6) is 0 Å². The molecule has 0 spiro atoms. The molecule has 1 rings (SSSR count). The Balaban J connectivity index is 2.67. The van der Waals surface area contributed by atoms with Crippen molar-refractivity contribution in [1.82, 2.24) is 0 Å². The second-order valence-electron chi connectivity index (χ2n) is 4.35. The van der Waals surface area contributed by atoms with Gasteiger partial charge < -0.3 is 10.2 Å². The molecule has 2 N–H and O–H groups in total. The number of rotatable bonds is 1. The molecule has 0 aromatic heterocycles. The first-order valence-corrected chi connectivity index (χ1v) is 4.79. The number of hydrogen-bond donors (Lipinski definition) is 2. The van der Waals surface area contributed by atoms with Crippen LogP contribution < -0.4 is 0 Å². The Hall–Kier alpha value is -0.590. The molecular weight excluding hydrogens is 166 g/mol. The molecule has 13 heavy (non-hydrogen) atoms. The molecule has 0 aromatic carbocycles. The molecule has 74 valence electrons. The zero-order chi connectivity index (χ0) is 10.1. The fraction of sp³-hybridized carbons (Fsp3) is 0.900. The van der Waals surface area contributed by atoms with Crippen molar-refractivity contribution < 1.29 is 10.2 Å². The average Bonchev–Trinajstić information content (AvgIpc) is 2.03. The SMILES string of the molecule is CC1CC[C@@H](C(C)(O)C#N)C(O)C1. The molecule has 0 aromatic rings. The Labute approximate surface area is 79.0 Å². The summed E-state index contributed by atoms with van der Waals surface area (Å²) in [5, 5.41) is 28.1. The Bertz CT molecular complexity index is 219. The first kappa shape index (κ1) is 10.5. The molecule has 1 fully saturated rings. The molecule has 0 bridgehead atoms. The van der Waals surface area contributed by atoms with Crippen LogP contribution in [0.25, 0.3) is 0 Å². The second kappa shape index (κ2) is 3.65. The molecule has 4 atom stereocenters. The normalized spacial score (nSPS) is 39.2. The van der Waals surface area contributed by atoms with Crippen molar-refractivity contribution in [3.63, 3.8) is 0 Å². The van der Waals surface area contributed by atoms with Gasteiger partial charge in [-0.15, -0.1) is 0 Å². The lowest BCUT2D eigenvalue weighted by molar-refractivity contribution is -0.0524. The topological polar surface area (TPSA) is 64.2 Å². The van der Waals surface area contributed by atoms with E-state index in [1.54, 1.807) is 0 Å². The van der Waals surface area contributed by atoms with Crippen molar-refractivity contribution in [1.29, 1.82) is 5.26 Å². The fourth-order valence-corrected chi connectivity index (χ4v) is 2.09. The van der Waals surface area contributed by atoms with Gasteiger partial charge in [0.25, 0.3) is 0 Å². The summed E-state index contributed by atoms with van der Waals surface area (Å²) in [6, 6.07) is 1.85. The number of aliphatic hydroxyl groups is 2. The minimum absolute atomic E-state index is 0.284. The van der Waals surface area contributed by atoms with E-state index >= 15 is 0 Å². The van der Waals surface area contributed by atoms with Gasteiger partial charge in [-0.1, -0.05) is 13.3 Å². The zero-order valence-electron chi connectivity index (χ0n) is 8.20. The van der Waals surface area contributed by atoms with Gasteiger partial charge in [-0.3, -0.25) is 0 Å². The number of nitrogens with zero attached hydrogens (tertiary/aromatic N) is 1. The predicted octanol–water partition coefficient (Wildman–Crippen LogP) is 1.06. The average molecular weight is 183 g/mol. The van der Waals surface area contributed by atoms with Crippen LogP contribution in [0.3, 0.4) is 0 Å². The van der Waals surface area contributed by atoms with E-state index in [9.17, 15) is 10.2 Å². The molecule has 0 saturated heterocycles. The van der Waals surface area contributed by atoms with Crippen LogP contribution in [0.4, 0.5) is 0 Å². The molecule has 1 aliphatic rings. The minimum atomic E-state index is -1.38. The summed E-state index contributed by atoms with van der Waals surface area (Å²) < 4.78 is 0. The fourth-order valence-electron chi connectivity index (χ4n) is 2.09. The first-order chi connectivity index (χ1) is 5.97. The Morgan fingerprint density at radius 3 is 2.54 bits per heavy atom. The molecule has 0 amide bonds. The van der Waals surface area contributed by atoms with Crippen LogP contribution in [0.15, 0.2) is 0 Å². The van der Waals surface area contributed by atoms with Crippen molar-refractivity contribution >= 4 is 0 Å². The van der Waals surface area contributed by atoms with E-state index in [4.69, 9.17) is 5.26 Å². The summed E-state index contributed by atoms with van der Waals surface area (Å²) >= 11 is 0. The zero-order valence-corrected chi connectivity index (χ0v) is 8.20. The quantitative estimate of drug-likeness (QED) is 0.597. The maximum Gasteiger partial charge on any atom is 0.153 e. The van der Waals surface area contributed by atoms with E-state index in [1.807, 2.05) is 6.07 Å². The summed E-state index contributed by atoms with van der Waals surface area (Å²) in [6.45, 7) is 3.57. The van der Waals surface area contributed by atoms with Gasteiger partial charge in [0, 0.05) is 5.92 Å². The van der Waals surface area contributed by atoms with Gasteiger partial charge in [0.2, 0.25) is 0 Å². The number of hydrogen-bond acceptors (Lipinski definition) is 3. The molecule has 3 nitrogen and oxygen atoms in total. The standard InChI is InChI=1S/C10H17NO2/c1-7-3-4-8(9(12)5-7)10(2,13)6-11/h7-9,12-13H,3-5H2,1-2H3/t7?,8-,9?,10?/m1/s1. The highest BCUT2D eigenvalue weighted by Crippen LogP contribution is 2.35. The van der Waals surface area contributed by atoms with Crippen molar-refractivity contribution in [2.75, 3.05) is 0 Å². The minimum Gasteiger partial charge on any atom is -0.393 e. The largest absolute Gasteiger partial charge is 0.393 e. The van der Waals surface area contributed by atoms with E-state index in [0.29, 0.717) is 12.3 Å². The van der Waals surface area contributed by atoms with Crippen molar-refractivity contribution in [2.24, 2.45) is 11.8 Å². The maximum atomic E-state index is 9.69. The Kier molecular flexibility index (Phi) is 2.94. The second-order valence-corrected chi connectivity index (χ2v) is 4.35. The highest BCUT2D eigenvalue weighted by molar-refractivity contribution is 5.04. The van der Waals surface area contributed by atoms with Crippen molar-refractivity contribution in [3.8, 4) is 6.07 Å². The van der Waals surface area contributed by atoms with Gasteiger partial charge in [-0.2, -0.15) is 5.26 Å². The van der Waals surface area contributed by atoms with Crippen LogP contribution in [0.1, 0.15) is 33.1 Å². The third kappa shape index (κ3) is 2.20. The molecule has 1 aliphatic carbocycles. The lowest BCUT2D eigenvalue weighted by Crippen LogP contribution is -2.43. The molecule has 3 heteroatoms. The first-order valence-electron chi connectivity index (χ1n) is 4.79. The highest BCUT2D eigenvalue weighted by Gasteiger charge is 2.40. The van der Waals surface area contributed by atoms with E-state index in [1.165, 1.54) is 6.92 Å². The summed E-state index contributed by atoms with van der Waals surface area (Å²) in [4.78, 5) is 0. The summed E-state index contributed by atoms with van der Waals surface area (Å²) in [7, 11) is 0. The lowest BCUT2D eigenvalue weighted by Gasteiger charge is -2.36. The van der Waals surface area contributed by atoms with E-state index in [0.717, 1.165) is 12.8 Å². The van der Waals surface area contributed by atoms with Gasteiger partial charge in [0.05, 0.1) is 12.2 Å². The summed E-state index contributed by atoms with van der Waals surface area (Å²) in [6.07, 6.45) is 1.89. The van der Waals surface area contributed by atoms with Crippen LogP contribution in [0.2, 0.25) is 0 Å². The molecule has 3 unspecified atom stereocenters. The molecule has 0 heterocycles. The molecule has 0 radical (unpaired) electrons. The van der Waals surface area contributed by atoms with Gasteiger partial charge in [-0.05, 0) is 25.7 Å². The highest BCUT2D eigenvalue weighted by atomic mass is 16.3. The van der Waals surface area contributed by atoms with Gasteiger partial charge in [0.15, 0.2) is 5.60 Å². The molecule has 0 aliphatic heterocycles. The van der Waals surface area contributed by atoms with Gasteiger partial charge >= 0.3 is 0 Å². The summed E-state index contributed by atoms with van der Waals surface area (Å²) in [5.74, 6) is 0.217. The number of nitriles is 1. The summed E-state index contributed by atoms with van der Waals surface area (Å²) in [5.41, 5.74) is -1.38. The van der Waals surface area contributed by atoms with E-state index in [2.05, 4.69) is 6.92 Å². The van der Waals surface area contributed by atoms with Crippen LogP contribution >= 0.6 is 0 Å². The smallest absolute Gasteiger partial charge is 0.153 e. The van der Waals surface area contributed by atoms with Gasteiger partial charge in [0.1, 0.15) is 0 Å². The molecule has 1 saturated carbocycles. The number of aliphatic hydroxyl groups excluding tert-OH is 1. The van der Waals surface area contributed by atoms with Crippen LogP contribution in [0, 0.1) is 23.2 Å². The van der Waals surface area contributed by atoms with Crippen LogP contribution in [-0.2, 0) is 0 Å². The van der Waals surface area contributed by atoms with Crippen molar-refractivity contribution in [3.05, 3.63) is 0 Å². The molecular formula is C10H17NO2. The van der Waals surface area contributed by atoms with Crippen molar-refractivity contribution in [2.45, 2.75) is 44.8 Å². The lowest BCUT2D eigenvalue weighted by atomic mass is 9.73. The van der Waals surface area contributed by atoms with Crippen LogP contribution in [-0.4, -0.2) is 21.9 Å². The monoisotopic (exact) mass is 183 g/mol.